The van der Waals surface area contributed by atoms with Crippen LogP contribution in [0.3, 0.4) is 0 Å². The molecule has 0 saturated heterocycles. The molecule has 0 unspecified atom stereocenters. The van der Waals surface area contributed by atoms with Crippen molar-refractivity contribution < 1.29 is 0 Å². The molecule has 1 aromatic carbocycles. The summed E-state index contributed by atoms with van der Waals surface area (Å²) in [6, 6.07) is 6.09. The molecule has 0 atom stereocenters. The van der Waals surface area contributed by atoms with Crippen molar-refractivity contribution in [2.75, 3.05) is 0 Å². The van der Waals surface area contributed by atoms with Crippen molar-refractivity contribution in [3.05, 3.63) is 40.8 Å². The Balaban J connectivity index is 2.52. The number of hydrogen-bond donors (Lipinski definition) is 0. The highest BCUT2D eigenvalue weighted by Gasteiger charge is 2.09. The fourth-order valence-corrected chi connectivity index (χ4v) is 1.57. The highest BCUT2D eigenvalue weighted by Crippen LogP contribution is 2.25. The third-order valence-electron chi connectivity index (χ3n) is 1.88. The second-order valence-electron chi connectivity index (χ2n) is 2.59. The summed E-state index contributed by atoms with van der Waals surface area (Å²) in [6.07, 6.45) is 4.59. The average Bonchev–Trinajstić information content (AvgIpc) is 2.33. The molecule has 0 spiro atoms. The molecule has 1 aliphatic rings. The largest absolute Gasteiger partial charge is 0.0843 e. The Bertz CT molecular complexity index is 253. The van der Waals surface area contributed by atoms with E-state index in [1.165, 1.54) is 17.5 Å². The van der Waals surface area contributed by atoms with Gasteiger partial charge in [-0.25, -0.2) is 0 Å². The first kappa shape index (κ1) is 6.23. The summed E-state index contributed by atoms with van der Waals surface area (Å²) in [5.41, 5.74) is 2.76. The molecule has 2 rings (SSSR count). The average molecular weight is 152 g/mol. The molecule has 0 aliphatic heterocycles. The Labute approximate surface area is 65.8 Å². The zero-order valence-electron chi connectivity index (χ0n) is 5.60. The summed E-state index contributed by atoms with van der Waals surface area (Å²) >= 11 is 5.81. The fraction of sp³-hybridized carbons (Fsp3) is 0.222. The Hall–Kier alpha value is -0.490. The molecule has 1 aromatic rings. The van der Waals surface area contributed by atoms with Gasteiger partial charge in [-0.05, 0) is 42.5 Å². The van der Waals surface area contributed by atoms with E-state index in [-0.39, 0.29) is 0 Å². The van der Waals surface area contributed by atoms with Crippen molar-refractivity contribution in [2.24, 2.45) is 0 Å². The number of fused-ring (bicyclic) bond motifs is 1. The van der Waals surface area contributed by atoms with E-state index < -0.39 is 0 Å². The van der Waals surface area contributed by atoms with Crippen LogP contribution < -0.4 is 0 Å². The number of halogens is 1. The number of benzene rings is 1. The van der Waals surface area contributed by atoms with Gasteiger partial charge >= 0.3 is 0 Å². The third-order valence-corrected chi connectivity index (χ3v) is 2.12. The molecule has 0 fully saturated rings. The maximum atomic E-state index is 5.81. The SMILES string of the molecule is Clc1ccc2c(c1)CC[CH]2. The summed E-state index contributed by atoms with van der Waals surface area (Å²) in [4.78, 5) is 0. The lowest BCUT2D eigenvalue weighted by Crippen LogP contribution is -1.78. The molecule has 0 saturated carbocycles. The van der Waals surface area contributed by atoms with Crippen LogP contribution >= 0.6 is 11.6 Å². The minimum atomic E-state index is 0.856. The van der Waals surface area contributed by atoms with Gasteiger partial charge in [0.1, 0.15) is 0 Å². The van der Waals surface area contributed by atoms with Gasteiger partial charge in [-0.15, -0.1) is 0 Å². The van der Waals surface area contributed by atoms with Crippen molar-refractivity contribution in [3.63, 3.8) is 0 Å². The maximum absolute atomic E-state index is 5.81. The van der Waals surface area contributed by atoms with E-state index in [1.807, 2.05) is 6.07 Å². The molecule has 51 valence electrons. The standard InChI is InChI=1S/C9H8Cl/c10-9-5-4-7-2-1-3-8(7)6-9/h2,4-6H,1,3H2. The summed E-state index contributed by atoms with van der Waals surface area (Å²) in [5, 5.41) is 0.856. The van der Waals surface area contributed by atoms with Crippen LogP contribution in [0.2, 0.25) is 5.02 Å². The van der Waals surface area contributed by atoms with E-state index in [1.54, 1.807) is 0 Å². The van der Waals surface area contributed by atoms with E-state index in [4.69, 9.17) is 11.6 Å². The molecule has 0 bridgehead atoms. The molecular weight excluding hydrogens is 144 g/mol. The summed E-state index contributed by atoms with van der Waals surface area (Å²) in [6.45, 7) is 0. The molecule has 10 heavy (non-hydrogen) atoms. The fourth-order valence-electron chi connectivity index (χ4n) is 1.37. The quantitative estimate of drug-likeness (QED) is 0.535. The topological polar surface area (TPSA) is 0 Å². The Morgan fingerprint density at radius 1 is 1.30 bits per heavy atom. The molecule has 0 amide bonds. The Morgan fingerprint density at radius 3 is 3.10 bits per heavy atom. The first-order chi connectivity index (χ1) is 4.86. The van der Waals surface area contributed by atoms with E-state index >= 15 is 0 Å². The Kier molecular flexibility index (Phi) is 1.42. The van der Waals surface area contributed by atoms with Gasteiger partial charge in [0.05, 0.1) is 0 Å². The number of hydrogen-bond acceptors (Lipinski definition) is 0. The van der Waals surface area contributed by atoms with Gasteiger partial charge in [0, 0.05) is 5.02 Å². The van der Waals surface area contributed by atoms with Crippen LogP contribution in [0, 0.1) is 6.42 Å². The zero-order chi connectivity index (χ0) is 6.97. The van der Waals surface area contributed by atoms with Gasteiger partial charge in [-0.3, -0.25) is 0 Å². The van der Waals surface area contributed by atoms with E-state index in [2.05, 4.69) is 18.6 Å². The molecule has 1 radical (unpaired) electrons. The molecule has 0 nitrogen and oxygen atoms in total. The normalized spacial score (nSPS) is 15.3. The van der Waals surface area contributed by atoms with Crippen molar-refractivity contribution in [3.8, 4) is 0 Å². The second-order valence-corrected chi connectivity index (χ2v) is 3.02. The zero-order valence-corrected chi connectivity index (χ0v) is 6.36. The second kappa shape index (κ2) is 2.28. The molecule has 0 heterocycles. The molecule has 1 aliphatic carbocycles. The van der Waals surface area contributed by atoms with Crippen LogP contribution in [0.15, 0.2) is 18.2 Å². The van der Waals surface area contributed by atoms with Crippen LogP contribution in [0.4, 0.5) is 0 Å². The predicted molar refractivity (Wildman–Crippen MR) is 43.2 cm³/mol. The Morgan fingerprint density at radius 2 is 2.20 bits per heavy atom. The van der Waals surface area contributed by atoms with Crippen molar-refractivity contribution >= 4 is 11.6 Å². The van der Waals surface area contributed by atoms with E-state index in [9.17, 15) is 0 Å². The number of rotatable bonds is 0. The van der Waals surface area contributed by atoms with Crippen LogP contribution in [0.5, 0.6) is 0 Å². The van der Waals surface area contributed by atoms with Gasteiger partial charge in [0.25, 0.3) is 0 Å². The summed E-state index contributed by atoms with van der Waals surface area (Å²) in [7, 11) is 0. The van der Waals surface area contributed by atoms with Crippen LogP contribution in [0.1, 0.15) is 17.5 Å². The summed E-state index contributed by atoms with van der Waals surface area (Å²) < 4.78 is 0. The van der Waals surface area contributed by atoms with Crippen LogP contribution in [0.25, 0.3) is 0 Å². The van der Waals surface area contributed by atoms with E-state index in [0.29, 0.717) is 0 Å². The first-order valence-corrected chi connectivity index (χ1v) is 3.86. The lowest BCUT2D eigenvalue weighted by atomic mass is 10.1. The van der Waals surface area contributed by atoms with Crippen molar-refractivity contribution in [1.82, 2.24) is 0 Å². The lowest BCUT2D eigenvalue weighted by molar-refractivity contribution is 1.03. The molecule has 0 aromatic heterocycles. The summed E-state index contributed by atoms with van der Waals surface area (Å²) in [5.74, 6) is 0. The van der Waals surface area contributed by atoms with Gasteiger partial charge in [0.2, 0.25) is 0 Å². The van der Waals surface area contributed by atoms with Crippen molar-refractivity contribution in [1.29, 1.82) is 0 Å². The van der Waals surface area contributed by atoms with Crippen molar-refractivity contribution in [2.45, 2.75) is 12.8 Å². The first-order valence-electron chi connectivity index (χ1n) is 3.48. The minimum Gasteiger partial charge on any atom is -0.0843 e. The van der Waals surface area contributed by atoms with E-state index in [0.717, 1.165) is 11.4 Å². The van der Waals surface area contributed by atoms with Gasteiger partial charge in [-0.2, -0.15) is 0 Å². The lowest BCUT2D eigenvalue weighted by Gasteiger charge is -1.96. The van der Waals surface area contributed by atoms with Crippen LogP contribution in [-0.4, -0.2) is 0 Å². The van der Waals surface area contributed by atoms with Gasteiger partial charge < -0.3 is 0 Å². The number of aryl methyl sites for hydroxylation is 1. The third kappa shape index (κ3) is 0.929. The van der Waals surface area contributed by atoms with Gasteiger partial charge in [0.15, 0.2) is 0 Å². The molecular formula is C9H8Cl. The molecule has 0 N–H and O–H groups in total. The minimum absolute atomic E-state index is 0.856. The monoisotopic (exact) mass is 151 g/mol. The predicted octanol–water partition coefficient (Wildman–Crippen LogP) is 2.84. The van der Waals surface area contributed by atoms with Gasteiger partial charge in [-0.1, -0.05) is 17.7 Å². The molecule has 1 heteroatoms. The highest BCUT2D eigenvalue weighted by atomic mass is 35.5. The smallest absolute Gasteiger partial charge is 0.0408 e. The van der Waals surface area contributed by atoms with Crippen LogP contribution in [-0.2, 0) is 6.42 Å². The highest BCUT2D eigenvalue weighted by molar-refractivity contribution is 6.30. The maximum Gasteiger partial charge on any atom is 0.0408 e.